The maximum Gasteiger partial charge on any atom is 0.358 e. The van der Waals surface area contributed by atoms with Gasteiger partial charge in [-0.25, -0.2) is 9.78 Å². The molecule has 2 aromatic rings. The number of rotatable bonds is 7. The van der Waals surface area contributed by atoms with Crippen LogP contribution in [-0.2, 0) is 9.47 Å². The molecule has 204 valence electrons. The average molecular weight is 529 g/mol. The SMILES string of the molecule is O=C(O)c1nc2c(OC3OC(CO)C(O)C(O)C3O)cccc2cc1OC1OC(CO)C(O)C(O)C1O. The van der Waals surface area contributed by atoms with Crippen LogP contribution in [-0.4, -0.2) is 132 Å². The van der Waals surface area contributed by atoms with E-state index in [9.17, 15) is 50.8 Å². The number of nitrogens with zero attached hydrogens (tertiary/aromatic N) is 1. The van der Waals surface area contributed by atoms with E-state index in [0.717, 1.165) is 0 Å². The highest BCUT2D eigenvalue weighted by molar-refractivity contribution is 5.95. The van der Waals surface area contributed by atoms with Gasteiger partial charge in [0.15, 0.2) is 11.4 Å². The van der Waals surface area contributed by atoms with E-state index >= 15 is 0 Å². The second-order valence-corrected chi connectivity index (χ2v) is 8.60. The van der Waals surface area contributed by atoms with Crippen LogP contribution in [0.2, 0.25) is 0 Å². The lowest BCUT2D eigenvalue weighted by Gasteiger charge is -2.39. The quantitative estimate of drug-likeness (QED) is 0.167. The Bertz CT molecular complexity index is 1110. The molecule has 2 aliphatic heterocycles. The van der Waals surface area contributed by atoms with E-state index in [-0.39, 0.29) is 22.4 Å². The molecule has 15 nitrogen and oxygen atoms in total. The van der Waals surface area contributed by atoms with Gasteiger partial charge in [0.25, 0.3) is 0 Å². The summed E-state index contributed by atoms with van der Waals surface area (Å²) >= 11 is 0. The van der Waals surface area contributed by atoms with Crippen LogP contribution in [0.1, 0.15) is 10.5 Å². The number of ether oxygens (including phenoxy) is 4. The van der Waals surface area contributed by atoms with E-state index in [1.807, 2.05) is 0 Å². The van der Waals surface area contributed by atoms with Gasteiger partial charge in [-0.3, -0.25) is 0 Å². The van der Waals surface area contributed by atoms with Crippen molar-refractivity contribution in [1.82, 2.24) is 4.98 Å². The second kappa shape index (κ2) is 11.0. The first-order valence-corrected chi connectivity index (χ1v) is 11.2. The van der Waals surface area contributed by atoms with Crippen LogP contribution in [0.3, 0.4) is 0 Å². The van der Waals surface area contributed by atoms with Crippen LogP contribution in [0.15, 0.2) is 24.3 Å². The summed E-state index contributed by atoms with van der Waals surface area (Å²) in [7, 11) is 0. The Morgan fingerprint density at radius 3 is 1.78 bits per heavy atom. The van der Waals surface area contributed by atoms with Gasteiger partial charge >= 0.3 is 5.97 Å². The van der Waals surface area contributed by atoms with Gasteiger partial charge in [-0.2, -0.15) is 0 Å². The molecule has 0 radical (unpaired) electrons. The Labute approximate surface area is 208 Å². The maximum absolute atomic E-state index is 12.0. The third kappa shape index (κ3) is 5.19. The van der Waals surface area contributed by atoms with Crippen molar-refractivity contribution in [2.24, 2.45) is 0 Å². The van der Waals surface area contributed by atoms with Crippen LogP contribution in [0.4, 0.5) is 0 Å². The van der Waals surface area contributed by atoms with Crippen molar-refractivity contribution in [3.05, 3.63) is 30.0 Å². The summed E-state index contributed by atoms with van der Waals surface area (Å²) in [4.78, 5) is 16.0. The van der Waals surface area contributed by atoms with Crippen LogP contribution in [0.25, 0.3) is 10.9 Å². The van der Waals surface area contributed by atoms with Crippen molar-refractivity contribution in [2.75, 3.05) is 13.2 Å². The van der Waals surface area contributed by atoms with Crippen LogP contribution in [0, 0.1) is 0 Å². The zero-order valence-electron chi connectivity index (χ0n) is 19.0. The number of aliphatic hydroxyl groups is 8. The van der Waals surface area contributed by atoms with Gasteiger partial charge < -0.3 is 64.9 Å². The predicted octanol–water partition coefficient (Wildman–Crippen LogP) is -3.71. The minimum Gasteiger partial charge on any atom is -0.476 e. The Morgan fingerprint density at radius 1 is 0.784 bits per heavy atom. The zero-order valence-corrected chi connectivity index (χ0v) is 19.0. The molecule has 1 aromatic carbocycles. The number of pyridine rings is 1. The number of carbonyl (C=O) groups is 1. The molecule has 10 unspecified atom stereocenters. The van der Waals surface area contributed by atoms with Crippen LogP contribution >= 0.6 is 0 Å². The molecule has 2 saturated heterocycles. The van der Waals surface area contributed by atoms with E-state index in [2.05, 4.69) is 4.98 Å². The van der Waals surface area contributed by atoms with Gasteiger partial charge in [0.05, 0.1) is 13.2 Å². The summed E-state index contributed by atoms with van der Waals surface area (Å²) in [5.41, 5.74) is -0.688. The number of aliphatic hydroxyl groups excluding tert-OH is 8. The molecule has 0 spiro atoms. The first kappa shape index (κ1) is 27.3. The number of hydrogen-bond donors (Lipinski definition) is 9. The van der Waals surface area contributed by atoms with E-state index in [1.165, 1.54) is 24.3 Å². The predicted molar refractivity (Wildman–Crippen MR) is 117 cm³/mol. The third-order valence-corrected chi connectivity index (χ3v) is 6.16. The summed E-state index contributed by atoms with van der Waals surface area (Å²) in [6.45, 7) is -1.40. The number of benzene rings is 1. The minimum atomic E-state index is -1.80. The summed E-state index contributed by atoms with van der Waals surface area (Å²) < 4.78 is 21.7. The normalized spacial score (nSPS) is 36.3. The molecule has 0 amide bonds. The number of aromatic nitrogens is 1. The standard InChI is InChI=1S/C22H27NO14/c24-5-10-14(26)16(28)18(30)21(36-10)34-8-3-1-2-7-4-9(13(20(32)33)23-12(7)8)35-22-19(31)17(29)15(27)11(6-25)37-22/h1-4,10-11,14-19,21-22,24-31H,5-6H2,(H,32,33). The third-order valence-electron chi connectivity index (χ3n) is 6.16. The van der Waals surface area contributed by atoms with Crippen molar-refractivity contribution < 1.29 is 69.7 Å². The highest BCUT2D eigenvalue weighted by Gasteiger charge is 2.46. The van der Waals surface area contributed by atoms with E-state index in [4.69, 9.17) is 18.9 Å². The molecule has 2 fully saturated rings. The monoisotopic (exact) mass is 529 g/mol. The number of hydrogen-bond acceptors (Lipinski definition) is 14. The molecule has 4 rings (SSSR count). The van der Waals surface area contributed by atoms with Gasteiger partial charge in [-0.1, -0.05) is 12.1 Å². The van der Waals surface area contributed by atoms with Crippen molar-refractivity contribution in [3.8, 4) is 11.5 Å². The molecular weight excluding hydrogens is 502 g/mol. The van der Waals surface area contributed by atoms with Crippen molar-refractivity contribution in [3.63, 3.8) is 0 Å². The summed E-state index contributed by atoms with van der Waals surface area (Å²) in [6, 6.07) is 5.60. The van der Waals surface area contributed by atoms with Gasteiger partial charge in [-0.15, -0.1) is 0 Å². The fourth-order valence-electron chi connectivity index (χ4n) is 4.07. The molecule has 1 aromatic heterocycles. The molecule has 0 bridgehead atoms. The van der Waals surface area contributed by atoms with E-state index in [1.54, 1.807) is 0 Å². The number of aromatic carboxylic acids is 1. The van der Waals surface area contributed by atoms with Gasteiger partial charge in [0.1, 0.15) is 60.1 Å². The van der Waals surface area contributed by atoms with Gasteiger partial charge in [-0.05, 0) is 12.1 Å². The van der Waals surface area contributed by atoms with Crippen molar-refractivity contribution in [2.45, 2.75) is 61.4 Å². The first-order valence-electron chi connectivity index (χ1n) is 11.2. The van der Waals surface area contributed by atoms with Crippen LogP contribution < -0.4 is 9.47 Å². The van der Waals surface area contributed by atoms with E-state index < -0.39 is 86.3 Å². The summed E-state index contributed by atoms with van der Waals surface area (Å²) in [5.74, 6) is -2.01. The smallest absolute Gasteiger partial charge is 0.358 e. The maximum atomic E-state index is 12.0. The Hall–Kier alpha value is -2.70. The molecule has 37 heavy (non-hydrogen) atoms. The Kier molecular flexibility index (Phi) is 8.10. The van der Waals surface area contributed by atoms with Crippen molar-refractivity contribution in [1.29, 1.82) is 0 Å². The molecule has 10 atom stereocenters. The molecule has 15 heteroatoms. The Balaban J connectivity index is 1.66. The fraction of sp³-hybridized carbons (Fsp3) is 0.545. The first-order chi connectivity index (χ1) is 17.6. The lowest BCUT2D eigenvalue weighted by molar-refractivity contribution is -0.277. The Morgan fingerprint density at radius 2 is 1.30 bits per heavy atom. The lowest BCUT2D eigenvalue weighted by atomic mass is 9.99. The fourth-order valence-corrected chi connectivity index (χ4v) is 4.07. The van der Waals surface area contributed by atoms with Gasteiger partial charge in [0.2, 0.25) is 12.6 Å². The lowest BCUT2D eigenvalue weighted by Crippen LogP contribution is -2.60. The van der Waals surface area contributed by atoms with Crippen molar-refractivity contribution >= 4 is 16.9 Å². The topological polar surface area (TPSA) is 249 Å². The minimum absolute atomic E-state index is 0.0296. The zero-order chi connectivity index (χ0) is 27.0. The highest BCUT2D eigenvalue weighted by atomic mass is 16.7. The molecule has 2 aliphatic rings. The largest absolute Gasteiger partial charge is 0.476 e. The second-order valence-electron chi connectivity index (χ2n) is 8.60. The summed E-state index contributed by atoms with van der Waals surface area (Å²) in [5, 5.41) is 89.1. The van der Waals surface area contributed by atoms with E-state index in [0.29, 0.717) is 0 Å². The average Bonchev–Trinajstić information content (AvgIpc) is 2.88. The van der Waals surface area contributed by atoms with Crippen LogP contribution in [0.5, 0.6) is 11.5 Å². The number of fused-ring (bicyclic) bond motifs is 1. The number of para-hydroxylation sites is 1. The molecule has 9 N–H and O–H groups in total. The number of carboxylic acids is 1. The molecule has 0 saturated carbocycles. The molecule has 3 heterocycles. The molecule has 0 aliphatic carbocycles. The number of carboxylic acid groups (broad SMARTS) is 1. The van der Waals surface area contributed by atoms with Gasteiger partial charge in [0, 0.05) is 5.39 Å². The highest BCUT2D eigenvalue weighted by Crippen LogP contribution is 2.33. The summed E-state index contributed by atoms with van der Waals surface area (Å²) in [6.07, 6.45) is -16.0. The molecular formula is C22H27NO14.